The summed E-state index contributed by atoms with van der Waals surface area (Å²) in [6, 6.07) is 93.9. The van der Waals surface area contributed by atoms with Crippen LogP contribution in [0.25, 0.3) is 22.3 Å². The zero-order chi connectivity index (χ0) is 97.0. The maximum absolute atomic E-state index is 8.00. The minimum atomic E-state index is -1.46. The van der Waals surface area contributed by atoms with Crippen molar-refractivity contribution in [3.8, 4) is 39.5 Å². The first kappa shape index (κ1) is 127. The van der Waals surface area contributed by atoms with E-state index in [0.29, 0.717) is 0 Å². The Morgan fingerprint density at radius 3 is 0.977 bits per heavy atom. The van der Waals surface area contributed by atoms with E-state index < -0.39 is 28.0 Å². The van der Waals surface area contributed by atoms with Gasteiger partial charge in [0, 0.05) is 70.2 Å². The maximum Gasteiger partial charge on any atom is 0.282 e. The number of nitrogens with zero attached hydrogens (tertiary/aromatic N) is 16. The number of hydrogen-bond acceptors (Lipinski definition) is 22. The van der Waals surface area contributed by atoms with Crippen LogP contribution >= 0.6 is 174 Å². The summed E-state index contributed by atoms with van der Waals surface area (Å²) >= 11 is 22.3. The van der Waals surface area contributed by atoms with Gasteiger partial charge in [0.15, 0.2) is 61.7 Å². The molecule has 0 radical (unpaired) electrons. The van der Waals surface area contributed by atoms with E-state index in [0.717, 1.165) is 132 Å². The number of aromatic nitrogens is 6. The lowest BCUT2D eigenvalue weighted by Gasteiger charge is -2.23. The van der Waals surface area contributed by atoms with Crippen LogP contribution in [0.15, 0.2) is 313 Å². The lowest BCUT2D eigenvalue weighted by atomic mass is 10.1. The molecular weight excluding hydrogens is 2020 g/mol. The molecule has 42 heteroatoms. The minimum absolute atomic E-state index is 0.686. The SMILES string of the molecule is C=O.C=P.C=P.C=P(C)(C)N(C)N=Cc1ccc(OC)cc1.C=P(C)(C)N=Pc1ccc(OC)cc1.C=S.C=S.CCN(C)N=Cc1ccc(OC)cc1.CN(C)N=Cc1ccc(P=NP(C)(C)=S)cc1.CPP=NP=S.S=CN=[P+](c1ccccc1)c1ccccc1.c1ccc(-c2ccccc2)cc1.c1ccc(-c2ccccc2)cc1.n1pnpnp1.n1pnpnp1. The van der Waals surface area contributed by atoms with Gasteiger partial charge in [-0.2, -0.15) is 46.9 Å². The summed E-state index contributed by atoms with van der Waals surface area (Å²) in [5.41, 5.74) is 9.80. The molecule has 12 rings (SSSR count). The molecule has 10 aromatic carbocycles. The van der Waals surface area contributed by atoms with Gasteiger partial charge in [0.25, 0.3) is 7.71 Å². The lowest BCUT2D eigenvalue weighted by Crippen LogP contribution is -2.09. The van der Waals surface area contributed by atoms with Crippen LogP contribution in [-0.2, 0) is 28.4 Å². The molecule has 0 aliphatic heterocycles. The molecule has 680 valence electrons. The molecule has 0 fully saturated rings. The quantitative estimate of drug-likeness (QED) is 0.0266. The number of methoxy groups -OCH3 is 3. The summed E-state index contributed by atoms with van der Waals surface area (Å²) < 4.78 is 57.1. The van der Waals surface area contributed by atoms with Crippen molar-refractivity contribution >= 4 is 287 Å². The monoisotopic (exact) mass is 2130 g/mol. The molecule has 1 atom stereocenters. The first-order chi connectivity index (χ1) is 62.3. The van der Waals surface area contributed by atoms with Gasteiger partial charge in [0.05, 0.1) is 46.2 Å². The van der Waals surface area contributed by atoms with Gasteiger partial charge in [-0.1, -0.05) is 248 Å². The first-order valence-corrected chi connectivity index (χ1v) is 62.7. The average Bonchev–Trinajstić information content (AvgIpc) is 0.847. The summed E-state index contributed by atoms with van der Waals surface area (Å²) in [6.07, 6.45) is 18.3. The fourth-order valence-electron chi connectivity index (χ4n) is 7.97. The molecule has 0 spiro atoms. The first-order valence-electron chi connectivity index (χ1n) is 37.5. The Balaban J connectivity index is -0.00000137. The molecular formula is C87H114N16O4P17S5+. The highest BCUT2D eigenvalue weighted by Gasteiger charge is 2.19. The van der Waals surface area contributed by atoms with Crippen LogP contribution < -0.4 is 35.4 Å². The van der Waals surface area contributed by atoms with Crippen molar-refractivity contribution in [2.24, 2.45) is 33.6 Å². The molecule has 0 aliphatic rings. The second-order valence-electron chi connectivity index (χ2n) is 25.0. The summed E-state index contributed by atoms with van der Waals surface area (Å²) in [4.78, 5) is 8.00. The number of thiocarbonyl (C=S) groups is 3. The van der Waals surface area contributed by atoms with E-state index in [-0.39, 0.29) is 0 Å². The van der Waals surface area contributed by atoms with E-state index in [9.17, 15) is 0 Å². The number of rotatable bonds is 22. The van der Waals surface area contributed by atoms with Crippen LogP contribution in [0.4, 0.5) is 0 Å². The third-order valence-electron chi connectivity index (χ3n) is 14.0. The Hall–Kier alpha value is -6.51. The van der Waals surface area contributed by atoms with Crippen molar-refractivity contribution in [2.75, 3.05) is 103 Å². The van der Waals surface area contributed by atoms with Crippen LogP contribution in [0.5, 0.6) is 17.2 Å². The molecule has 129 heavy (non-hydrogen) atoms. The van der Waals surface area contributed by atoms with Crippen molar-refractivity contribution in [2.45, 2.75) is 6.92 Å². The fourth-order valence-corrected chi connectivity index (χ4v) is 20.0. The zero-order valence-electron chi connectivity index (χ0n) is 75.1. The highest BCUT2D eigenvalue weighted by atomic mass is 32.4. The highest BCUT2D eigenvalue weighted by Crippen LogP contribution is 2.42. The molecule has 20 nitrogen and oxygen atoms in total. The molecule has 0 bridgehead atoms. The number of hydrazone groups is 3. The van der Waals surface area contributed by atoms with E-state index in [2.05, 4.69) is 325 Å². The molecule has 12 aromatic rings. The highest BCUT2D eigenvalue weighted by molar-refractivity contribution is 8.14. The van der Waals surface area contributed by atoms with Gasteiger partial charge in [-0.25, -0.2) is 9.03 Å². The third-order valence-corrected chi connectivity index (χ3v) is 30.7. The molecule has 2 aromatic heterocycles. The number of carbonyl (C=O) groups is 1. The third kappa shape index (κ3) is 70.8. The lowest BCUT2D eigenvalue weighted by molar-refractivity contribution is -0.0980. The van der Waals surface area contributed by atoms with Gasteiger partial charge >= 0.3 is 0 Å². The predicted octanol–water partition coefficient (Wildman–Crippen LogP) is 28.7. The van der Waals surface area contributed by atoms with E-state index in [1.807, 2.05) is 222 Å². The van der Waals surface area contributed by atoms with Crippen LogP contribution in [0, 0.1) is 0 Å². The van der Waals surface area contributed by atoms with Gasteiger partial charge < -0.3 is 29.0 Å². The van der Waals surface area contributed by atoms with Crippen molar-refractivity contribution in [1.82, 2.24) is 41.9 Å². The number of benzene rings is 10. The Morgan fingerprint density at radius 1 is 0.450 bits per heavy atom. The largest absolute Gasteiger partial charge is 0.497 e. The number of hydrogen-bond donors (Lipinski definition) is 0. The van der Waals surface area contributed by atoms with Crippen LogP contribution in [0.1, 0.15) is 23.6 Å². The molecule has 0 saturated carbocycles. The zero-order valence-corrected chi connectivity index (χ0v) is 94.7. The van der Waals surface area contributed by atoms with Crippen molar-refractivity contribution in [1.29, 1.82) is 0 Å². The Labute approximate surface area is 818 Å². The Kier molecular flexibility index (Phi) is 84.1. The van der Waals surface area contributed by atoms with Crippen LogP contribution in [0.3, 0.4) is 0 Å². The van der Waals surface area contributed by atoms with Gasteiger partial charge in [-0.05, 0) is 248 Å². The van der Waals surface area contributed by atoms with Gasteiger partial charge in [0.2, 0.25) is 0 Å². The summed E-state index contributed by atoms with van der Waals surface area (Å²) in [5.74, 6) is 8.27. The van der Waals surface area contributed by atoms with Gasteiger partial charge in [-0.3, -0.25) is 4.78 Å². The van der Waals surface area contributed by atoms with Crippen molar-refractivity contribution in [3.63, 3.8) is 0 Å². The molecule has 0 saturated heterocycles. The van der Waals surface area contributed by atoms with Crippen LogP contribution in [-0.4, -0.2) is 212 Å². The molecule has 1 unspecified atom stereocenters. The smallest absolute Gasteiger partial charge is 0.282 e. The maximum atomic E-state index is 8.00. The van der Waals surface area contributed by atoms with Crippen molar-refractivity contribution < 1.29 is 19.0 Å². The predicted molar refractivity (Wildman–Crippen MR) is 623 cm³/mol. The van der Waals surface area contributed by atoms with E-state index >= 15 is 0 Å². The summed E-state index contributed by atoms with van der Waals surface area (Å²) in [6.45, 7) is 19.6. The molecule has 0 aliphatic carbocycles. The van der Waals surface area contributed by atoms with Gasteiger partial charge in [0.1, 0.15) is 37.0 Å². The number of ether oxygens (including phenoxy) is 3. The van der Waals surface area contributed by atoms with Crippen LogP contribution in [0.2, 0.25) is 0 Å². The molecule has 0 N–H and O–H groups in total. The van der Waals surface area contributed by atoms with E-state index in [1.165, 1.54) is 49.0 Å². The average molecular weight is 2130 g/mol. The second-order valence-corrected chi connectivity index (χ2v) is 51.6. The number of carbonyl (C=O) groups excluding carboxylic acids is 1. The molecule has 2 heterocycles. The Morgan fingerprint density at radius 2 is 0.729 bits per heavy atom. The van der Waals surface area contributed by atoms with E-state index in [1.54, 1.807) is 26.3 Å². The minimum Gasteiger partial charge on any atom is -0.497 e. The summed E-state index contributed by atoms with van der Waals surface area (Å²) in [5, 5.41) is 21.2. The van der Waals surface area contributed by atoms with Gasteiger partial charge in [-0.15, -0.1) is 17.7 Å². The second kappa shape index (κ2) is 85.7. The Bertz CT molecular complexity index is 4880. The molecule has 0 amide bonds. The fraction of sp³-hybridized carbons (Fsp3) is 0.184. The van der Waals surface area contributed by atoms with Crippen molar-refractivity contribution in [3.05, 3.63) is 296 Å². The van der Waals surface area contributed by atoms with E-state index in [4.69, 9.17) is 43.0 Å². The summed E-state index contributed by atoms with van der Waals surface area (Å²) in [7, 11) is 24.6. The standard InChI is InChI=1S/C13H11NPS.C12H19N2OP.2C12H10.C11H17N3P2S.C11H16N2O.C10H15NOP2.CH4NP3S.CH2O.2CH3P.2CH2S.2N3P3/c16-11-14-15(12-7-3-1-4-8-12)13-9-5-2-6-10-13;1-14(16(3,4)5)13-10-11-6-8-12(15-2)9-7-11;2*1-3-7-11(8-4-1)12-9-5-2-6-10-12;1-14(2)12-9-10-5-7-11(8-6-10)15-13-16(3,4)17;1-4-13(2)12-9-10-5-7-11(14-3)8-6-10;1-12-9-5-7-10(8-6-9)13-11-14(2,3)4;1-3-4-2-5-6;5*1-2;2*1-4-2-6-3-5-1/h1-11H;6-10H,3H2,1-2,4-5H3;2*1-10H;5-9H,1-4H3;5-9H,4H2,1-3H3;5-8H,2H2,1,3-4H3;3H,1H3;1H2;2*2H,1H2;2*1H2;;/q+1;;;;;;;;;;;;;;. The normalized spacial score (nSPS) is 10.4. The topological polar surface area (TPSA) is 218 Å².